The summed E-state index contributed by atoms with van der Waals surface area (Å²) in [4.78, 5) is 3.35. The summed E-state index contributed by atoms with van der Waals surface area (Å²) >= 11 is 0. The summed E-state index contributed by atoms with van der Waals surface area (Å²) in [6.07, 6.45) is 0.950. The number of benzene rings is 1. The fourth-order valence-corrected chi connectivity index (χ4v) is 2.11. The van der Waals surface area contributed by atoms with Gasteiger partial charge in [0.05, 0.1) is 6.61 Å². The van der Waals surface area contributed by atoms with E-state index in [2.05, 4.69) is 4.84 Å². The smallest absolute Gasteiger partial charge is 0.181 e. The van der Waals surface area contributed by atoms with E-state index < -0.39 is 26.4 Å². The minimum atomic E-state index is -3.91. The number of sulfone groups is 1. The summed E-state index contributed by atoms with van der Waals surface area (Å²) in [6.45, 7) is 0.0943. The van der Waals surface area contributed by atoms with E-state index in [1.165, 1.54) is 0 Å². The molecule has 2 N–H and O–H groups in total. The van der Waals surface area contributed by atoms with E-state index in [1.54, 1.807) is 0 Å². The maximum absolute atomic E-state index is 13.3. The highest BCUT2D eigenvalue weighted by molar-refractivity contribution is 7.90. The van der Waals surface area contributed by atoms with E-state index in [0.29, 0.717) is 0 Å². The molecule has 0 radical (unpaired) electrons. The quantitative estimate of drug-likeness (QED) is 0.804. The van der Waals surface area contributed by atoms with Crippen LogP contribution < -0.4 is 5.90 Å². The van der Waals surface area contributed by atoms with Gasteiger partial charge in [0.1, 0.15) is 16.5 Å². The van der Waals surface area contributed by atoms with Crippen LogP contribution in [-0.4, -0.2) is 21.3 Å². The molecule has 0 saturated carbocycles. The van der Waals surface area contributed by atoms with Crippen molar-refractivity contribution in [1.82, 2.24) is 0 Å². The second kappa shape index (κ2) is 4.86. The van der Waals surface area contributed by atoms with E-state index in [9.17, 15) is 17.2 Å². The molecule has 4 nitrogen and oxygen atoms in total. The molecule has 0 aliphatic heterocycles. The molecule has 16 heavy (non-hydrogen) atoms. The topological polar surface area (TPSA) is 69.4 Å². The lowest BCUT2D eigenvalue weighted by atomic mass is 10.1. The van der Waals surface area contributed by atoms with Gasteiger partial charge in [-0.2, -0.15) is 0 Å². The van der Waals surface area contributed by atoms with Gasteiger partial charge in [-0.05, 0) is 24.1 Å². The number of hydrogen-bond donors (Lipinski definition) is 1. The molecule has 0 amide bonds. The molecule has 1 rings (SSSR count). The van der Waals surface area contributed by atoms with Crippen LogP contribution in [0.15, 0.2) is 17.0 Å². The Bertz CT molecular complexity index is 465. The molecule has 0 heterocycles. The Morgan fingerprint density at radius 1 is 1.31 bits per heavy atom. The first kappa shape index (κ1) is 13.0. The summed E-state index contributed by atoms with van der Waals surface area (Å²) in [5, 5.41) is 0. The van der Waals surface area contributed by atoms with Gasteiger partial charge in [0.2, 0.25) is 0 Å². The van der Waals surface area contributed by atoms with E-state index in [4.69, 9.17) is 5.90 Å². The molecule has 1 aromatic rings. The maximum atomic E-state index is 13.3. The van der Waals surface area contributed by atoms with Crippen LogP contribution in [0.5, 0.6) is 0 Å². The Hall–Kier alpha value is -1.05. The van der Waals surface area contributed by atoms with Gasteiger partial charge in [0, 0.05) is 6.26 Å². The van der Waals surface area contributed by atoms with Crippen LogP contribution in [0, 0.1) is 11.6 Å². The zero-order valence-corrected chi connectivity index (χ0v) is 9.35. The highest BCUT2D eigenvalue weighted by atomic mass is 32.2. The summed E-state index contributed by atoms with van der Waals surface area (Å²) < 4.78 is 48.8. The Morgan fingerprint density at radius 2 is 1.81 bits per heavy atom. The molecule has 0 unspecified atom stereocenters. The Morgan fingerprint density at radius 3 is 2.19 bits per heavy atom. The molecule has 0 spiro atoms. The standard InChI is InChI=1S/C9H11F2NO3S/c1-16(13,14)9-7(10)4-6(2-3-15-12)5-8(9)11/h4-5H,2-3,12H2,1H3. The number of halogens is 2. The summed E-state index contributed by atoms with van der Waals surface area (Å²) in [7, 11) is -3.91. The molecular formula is C9H11F2NO3S. The monoisotopic (exact) mass is 251 g/mol. The normalized spacial score (nSPS) is 11.8. The van der Waals surface area contributed by atoms with Gasteiger partial charge < -0.3 is 4.84 Å². The molecule has 90 valence electrons. The second-order valence-electron chi connectivity index (χ2n) is 3.28. The third-order valence-electron chi connectivity index (χ3n) is 1.94. The van der Waals surface area contributed by atoms with Crippen LogP contribution in [-0.2, 0) is 21.1 Å². The number of rotatable bonds is 4. The summed E-state index contributed by atoms with van der Waals surface area (Å²) in [5.74, 6) is 2.56. The Labute approximate surface area is 91.9 Å². The first-order valence-electron chi connectivity index (χ1n) is 4.36. The van der Waals surface area contributed by atoms with Crippen molar-refractivity contribution < 1.29 is 22.0 Å². The molecule has 0 aliphatic carbocycles. The number of hydrogen-bond acceptors (Lipinski definition) is 4. The second-order valence-corrected chi connectivity index (χ2v) is 5.23. The molecule has 0 aliphatic rings. The first-order valence-corrected chi connectivity index (χ1v) is 6.25. The van der Waals surface area contributed by atoms with Crippen molar-refractivity contribution >= 4 is 9.84 Å². The van der Waals surface area contributed by atoms with Gasteiger partial charge in [-0.3, -0.25) is 0 Å². The fraction of sp³-hybridized carbons (Fsp3) is 0.333. The van der Waals surface area contributed by atoms with Crippen LogP contribution in [0.25, 0.3) is 0 Å². The third-order valence-corrected chi connectivity index (χ3v) is 3.07. The fourth-order valence-electron chi connectivity index (χ4n) is 1.29. The zero-order chi connectivity index (χ0) is 12.3. The molecule has 0 aromatic heterocycles. The van der Waals surface area contributed by atoms with E-state index in [1.807, 2.05) is 0 Å². The minimum Gasteiger partial charge on any atom is -0.304 e. The predicted octanol–water partition coefficient (Wildman–Crippen LogP) is 0.801. The molecule has 0 atom stereocenters. The molecule has 0 fully saturated rings. The lowest BCUT2D eigenvalue weighted by molar-refractivity contribution is 0.141. The number of nitrogens with two attached hydrogens (primary N) is 1. The Balaban J connectivity index is 3.18. The van der Waals surface area contributed by atoms with E-state index in [-0.39, 0.29) is 18.6 Å². The minimum absolute atomic E-state index is 0.0943. The van der Waals surface area contributed by atoms with Crippen molar-refractivity contribution in [2.24, 2.45) is 5.90 Å². The highest BCUT2D eigenvalue weighted by Crippen LogP contribution is 2.20. The lowest BCUT2D eigenvalue weighted by Crippen LogP contribution is -2.08. The van der Waals surface area contributed by atoms with Crippen molar-refractivity contribution in [3.8, 4) is 0 Å². The predicted molar refractivity (Wildman–Crippen MR) is 53.3 cm³/mol. The summed E-state index contributed by atoms with van der Waals surface area (Å²) in [5.41, 5.74) is 0.285. The van der Waals surface area contributed by atoms with E-state index >= 15 is 0 Å². The van der Waals surface area contributed by atoms with Crippen molar-refractivity contribution in [2.45, 2.75) is 11.3 Å². The van der Waals surface area contributed by atoms with Crippen LogP contribution in [0.3, 0.4) is 0 Å². The van der Waals surface area contributed by atoms with Crippen LogP contribution in [0.1, 0.15) is 5.56 Å². The molecule has 0 saturated heterocycles. The molecule has 1 aromatic carbocycles. The van der Waals surface area contributed by atoms with Gasteiger partial charge in [-0.15, -0.1) is 0 Å². The largest absolute Gasteiger partial charge is 0.304 e. The van der Waals surface area contributed by atoms with Crippen LogP contribution in [0.2, 0.25) is 0 Å². The van der Waals surface area contributed by atoms with Crippen molar-refractivity contribution in [3.05, 3.63) is 29.3 Å². The van der Waals surface area contributed by atoms with Crippen LogP contribution in [0.4, 0.5) is 8.78 Å². The van der Waals surface area contributed by atoms with Gasteiger partial charge in [-0.25, -0.2) is 23.1 Å². The zero-order valence-electron chi connectivity index (χ0n) is 8.54. The average Bonchev–Trinajstić information content (AvgIpc) is 2.11. The lowest BCUT2D eigenvalue weighted by Gasteiger charge is -2.06. The van der Waals surface area contributed by atoms with Gasteiger partial charge >= 0.3 is 0 Å². The van der Waals surface area contributed by atoms with Crippen molar-refractivity contribution in [1.29, 1.82) is 0 Å². The molecule has 0 bridgehead atoms. The third kappa shape index (κ3) is 2.97. The van der Waals surface area contributed by atoms with E-state index in [0.717, 1.165) is 18.4 Å². The average molecular weight is 251 g/mol. The first-order chi connectivity index (χ1) is 7.36. The van der Waals surface area contributed by atoms with Gasteiger partial charge in [-0.1, -0.05) is 0 Å². The highest BCUT2D eigenvalue weighted by Gasteiger charge is 2.20. The maximum Gasteiger partial charge on any atom is 0.181 e. The van der Waals surface area contributed by atoms with Crippen molar-refractivity contribution in [2.75, 3.05) is 12.9 Å². The van der Waals surface area contributed by atoms with Gasteiger partial charge in [0.15, 0.2) is 9.84 Å². The summed E-state index contributed by atoms with van der Waals surface area (Å²) in [6, 6.07) is 1.91. The SMILES string of the molecule is CS(=O)(=O)c1c(F)cc(CCON)cc1F. The van der Waals surface area contributed by atoms with Crippen LogP contribution >= 0.6 is 0 Å². The Kier molecular flexibility index (Phi) is 3.95. The molecular weight excluding hydrogens is 240 g/mol. The molecule has 7 heteroatoms. The van der Waals surface area contributed by atoms with Crippen molar-refractivity contribution in [3.63, 3.8) is 0 Å². The van der Waals surface area contributed by atoms with Gasteiger partial charge in [0.25, 0.3) is 0 Å².